The number of fused-ring (bicyclic) bond motifs is 1. The summed E-state index contributed by atoms with van der Waals surface area (Å²) in [5, 5.41) is 11.0. The molecule has 33 heavy (non-hydrogen) atoms. The number of rotatable bonds is 7. The Labute approximate surface area is 195 Å². The Hall–Kier alpha value is -2.42. The zero-order valence-electron chi connectivity index (χ0n) is 18.9. The predicted molar refractivity (Wildman–Crippen MR) is 125 cm³/mol. The van der Waals surface area contributed by atoms with E-state index in [2.05, 4.69) is 4.72 Å². The van der Waals surface area contributed by atoms with Crippen LogP contribution in [0, 0.1) is 5.92 Å². The quantitative estimate of drug-likeness (QED) is 0.646. The minimum absolute atomic E-state index is 0.0412. The van der Waals surface area contributed by atoms with E-state index in [1.54, 1.807) is 17.0 Å². The van der Waals surface area contributed by atoms with Crippen LogP contribution in [0.3, 0.4) is 0 Å². The second kappa shape index (κ2) is 9.83. The molecule has 1 heterocycles. The summed E-state index contributed by atoms with van der Waals surface area (Å²) in [7, 11) is -2.41. The second-order valence-corrected chi connectivity index (χ2v) is 10.8. The number of sulfonamides is 1. The summed E-state index contributed by atoms with van der Waals surface area (Å²) in [6, 6.07) is 14.6. The lowest BCUT2D eigenvalue weighted by molar-refractivity contribution is -0.145. The standard InChI is InChI=1S/C25H32N2O5S/c1-32-21-10-12-22(13-11-21)33(30,31)26-23(17-19-7-3-2-4-8-19)24(28)27-16-15-25(29)14-6-5-9-20(25)18-27/h2-4,7-8,10-13,20,23,26,29H,5-6,9,14-18H2,1H3/t20-,23+,25-/m1/s1. The molecule has 1 saturated carbocycles. The molecule has 0 radical (unpaired) electrons. The van der Waals surface area contributed by atoms with Gasteiger partial charge in [-0.25, -0.2) is 8.42 Å². The van der Waals surface area contributed by atoms with Crippen LogP contribution in [0.5, 0.6) is 5.75 Å². The summed E-state index contributed by atoms with van der Waals surface area (Å²) in [5.41, 5.74) is 0.173. The van der Waals surface area contributed by atoms with Crippen LogP contribution in [0.25, 0.3) is 0 Å². The van der Waals surface area contributed by atoms with Gasteiger partial charge in [0.05, 0.1) is 17.6 Å². The number of methoxy groups -OCH3 is 1. The highest BCUT2D eigenvalue weighted by Crippen LogP contribution is 2.40. The fourth-order valence-corrected chi connectivity index (χ4v) is 6.22. The first-order valence-electron chi connectivity index (χ1n) is 11.5. The van der Waals surface area contributed by atoms with E-state index in [4.69, 9.17) is 4.74 Å². The van der Waals surface area contributed by atoms with Gasteiger partial charge in [-0.3, -0.25) is 4.79 Å². The summed E-state index contributed by atoms with van der Waals surface area (Å²) in [6.45, 7) is 0.895. The van der Waals surface area contributed by atoms with Crippen molar-refractivity contribution >= 4 is 15.9 Å². The van der Waals surface area contributed by atoms with E-state index in [1.807, 2.05) is 30.3 Å². The Morgan fingerprint density at radius 3 is 2.58 bits per heavy atom. The highest BCUT2D eigenvalue weighted by atomic mass is 32.2. The number of benzene rings is 2. The first kappa shape index (κ1) is 23.7. The van der Waals surface area contributed by atoms with Crippen LogP contribution in [0.15, 0.2) is 59.5 Å². The predicted octanol–water partition coefficient (Wildman–Crippen LogP) is 2.74. The van der Waals surface area contributed by atoms with Crippen molar-refractivity contribution < 1.29 is 23.1 Å². The molecule has 8 heteroatoms. The number of piperidine rings is 1. The van der Waals surface area contributed by atoms with E-state index in [1.165, 1.54) is 19.2 Å². The minimum atomic E-state index is -3.93. The average Bonchev–Trinajstić information content (AvgIpc) is 2.83. The lowest BCUT2D eigenvalue weighted by Gasteiger charge is -2.48. The number of likely N-dealkylation sites (tertiary alicyclic amines) is 1. The van der Waals surface area contributed by atoms with Gasteiger partial charge in [0, 0.05) is 19.0 Å². The molecule has 0 unspecified atom stereocenters. The topological polar surface area (TPSA) is 95.9 Å². The molecule has 178 valence electrons. The van der Waals surface area contributed by atoms with Crippen molar-refractivity contribution in [3.05, 3.63) is 60.2 Å². The van der Waals surface area contributed by atoms with Crippen LogP contribution in [0.1, 0.15) is 37.7 Å². The van der Waals surface area contributed by atoms with Gasteiger partial charge >= 0.3 is 0 Å². The highest BCUT2D eigenvalue weighted by Gasteiger charge is 2.44. The van der Waals surface area contributed by atoms with Gasteiger partial charge in [-0.1, -0.05) is 43.2 Å². The number of nitrogens with zero attached hydrogens (tertiary/aromatic N) is 1. The van der Waals surface area contributed by atoms with Crippen LogP contribution < -0.4 is 9.46 Å². The maximum Gasteiger partial charge on any atom is 0.241 e. The third kappa shape index (κ3) is 5.39. The molecular formula is C25H32N2O5S. The molecule has 2 fully saturated rings. The second-order valence-electron chi connectivity index (χ2n) is 9.12. The van der Waals surface area contributed by atoms with Crippen LogP contribution in [-0.4, -0.2) is 56.2 Å². The van der Waals surface area contributed by atoms with Crippen molar-refractivity contribution in [1.29, 1.82) is 0 Å². The number of aliphatic hydroxyl groups is 1. The molecule has 2 aliphatic rings. The van der Waals surface area contributed by atoms with E-state index in [0.717, 1.165) is 31.2 Å². The number of hydrogen-bond donors (Lipinski definition) is 2. The van der Waals surface area contributed by atoms with Crippen molar-refractivity contribution in [3.63, 3.8) is 0 Å². The number of hydrogen-bond acceptors (Lipinski definition) is 5. The SMILES string of the molecule is COc1ccc(S(=O)(=O)N[C@@H](Cc2ccccc2)C(=O)N2CC[C@]3(O)CCCC[C@@H]3C2)cc1. The van der Waals surface area contributed by atoms with E-state index in [-0.39, 0.29) is 23.1 Å². The molecule has 1 aliphatic carbocycles. The Morgan fingerprint density at radius 2 is 1.88 bits per heavy atom. The average molecular weight is 473 g/mol. The first-order chi connectivity index (χ1) is 15.8. The largest absolute Gasteiger partial charge is 0.497 e. The van der Waals surface area contributed by atoms with Crippen LogP contribution >= 0.6 is 0 Å². The Morgan fingerprint density at radius 1 is 1.15 bits per heavy atom. The molecule has 7 nitrogen and oxygen atoms in total. The molecule has 1 saturated heterocycles. The van der Waals surface area contributed by atoms with Gasteiger partial charge in [-0.05, 0) is 55.5 Å². The van der Waals surface area contributed by atoms with Gasteiger partial charge in [0.15, 0.2) is 0 Å². The van der Waals surface area contributed by atoms with Gasteiger partial charge in [0.2, 0.25) is 15.9 Å². The minimum Gasteiger partial charge on any atom is -0.497 e. The Kier molecular flexibility index (Phi) is 7.07. The van der Waals surface area contributed by atoms with Gasteiger partial charge in [0.25, 0.3) is 0 Å². The summed E-state index contributed by atoms with van der Waals surface area (Å²) in [5.74, 6) is 0.349. The summed E-state index contributed by atoms with van der Waals surface area (Å²) >= 11 is 0. The van der Waals surface area contributed by atoms with Crippen LogP contribution in [-0.2, 0) is 21.2 Å². The molecule has 1 amide bonds. The number of ether oxygens (including phenoxy) is 1. The molecular weight excluding hydrogens is 440 g/mol. The molecule has 4 rings (SSSR count). The fourth-order valence-electron chi connectivity index (χ4n) is 5.03. The third-order valence-corrected chi connectivity index (χ3v) is 8.47. The molecule has 0 spiro atoms. The molecule has 3 atom stereocenters. The normalized spacial score (nSPS) is 24.1. The number of carbonyl (C=O) groups is 1. The molecule has 2 aromatic rings. The van der Waals surface area contributed by atoms with E-state index >= 15 is 0 Å². The first-order valence-corrected chi connectivity index (χ1v) is 13.0. The van der Waals surface area contributed by atoms with Crippen molar-refractivity contribution in [1.82, 2.24) is 9.62 Å². The van der Waals surface area contributed by atoms with E-state index < -0.39 is 21.7 Å². The Balaban J connectivity index is 1.56. The van der Waals surface area contributed by atoms with Crippen molar-refractivity contribution in [2.45, 2.75) is 55.1 Å². The van der Waals surface area contributed by atoms with Gasteiger partial charge in [0.1, 0.15) is 11.8 Å². The highest BCUT2D eigenvalue weighted by molar-refractivity contribution is 7.89. The number of nitrogens with one attached hydrogen (secondary N) is 1. The fraction of sp³-hybridized carbons (Fsp3) is 0.480. The maximum absolute atomic E-state index is 13.6. The van der Waals surface area contributed by atoms with E-state index in [9.17, 15) is 18.3 Å². The van der Waals surface area contributed by atoms with Gasteiger partial charge in [-0.15, -0.1) is 0 Å². The molecule has 0 aromatic heterocycles. The number of amides is 1. The van der Waals surface area contributed by atoms with Crippen molar-refractivity contribution in [2.24, 2.45) is 5.92 Å². The van der Waals surface area contributed by atoms with Gasteiger partial charge < -0.3 is 14.7 Å². The third-order valence-electron chi connectivity index (χ3n) is 6.99. The number of carbonyl (C=O) groups excluding carboxylic acids is 1. The smallest absolute Gasteiger partial charge is 0.241 e. The monoisotopic (exact) mass is 472 g/mol. The molecule has 0 bridgehead atoms. The van der Waals surface area contributed by atoms with Crippen molar-refractivity contribution in [2.75, 3.05) is 20.2 Å². The van der Waals surface area contributed by atoms with Crippen LogP contribution in [0.2, 0.25) is 0 Å². The zero-order valence-corrected chi connectivity index (χ0v) is 19.8. The van der Waals surface area contributed by atoms with Gasteiger partial charge in [-0.2, -0.15) is 4.72 Å². The Bertz CT molecular complexity index is 1060. The lowest BCUT2D eigenvalue weighted by Crippen LogP contribution is -2.58. The summed E-state index contributed by atoms with van der Waals surface area (Å²) in [4.78, 5) is 15.4. The summed E-state index contributed by atoms with van der Waals surface area (Å²) in [6.07, 6.45) is 4.51. The molecule has 2 aromatic carbocycles. The van der Waals surface area contributed by atoms with Crippen LogP contribution in [0.4, 0.5) is 0 Å². The lowest BCUT2D eigenvalue weighted by atomic mass is 9.71. The van der Waals surface area contributed by atoms with E-state index in [0.29, 0.717) is 25.3 Å². The van der Waals surface area contributed by atoms with Crippen molar-refractivity contribution in [3.8, 4) is 5.75 Å². The molecule has 2 N–H and O–H groups in total. The zero-order chi connectivity index (χ0) is 23.5. The maximum atomic E-state index is 13.6. The summed E-state index contributed by atoms with van der Waals surface area (Å²) < 4.78 is 34.0. The molecule has 1 aliphatic heterocycles.